The molecule has 4 nitrogen and oxygen atoms in total. The van der Waals surface area contributed by atoms with Crippen LogP contribution in [0.2, 0.25) is 0 Å². The molecule has 0 saturated heterocycles. The molecule has 0 aliphatic heterocycles. The Morgan fingerprint density at radius 3 is 1.00 bits per heavy atom. The zero-order valence-electron chi connectivity index (χ0n) is 7.42. The number of rotatable bonds is 3. The summed E-state index contributed by atoms with van der Waals surface area (Å²) in [5.74, 6) is 0. The second kappa shape index (κ2) is 12.8. The number of hydrogen-bond acceptors (Lipinski definition) is 4. The van der Waals surface area contributed by atoms with Crippen LogP contribution in [0.3, 0.4) is 0 Å². The van der Waals surface area contributed by atoms with E-state index < -0.39 is 25.4 Å². The Morgan fingerprint density at radius 1 is 0.818 bits per heavy atom. The molecule has 0 amide bonds. The molecule has 0 aromatic carbocycles. The molecule has 0 atom stereocenters. The third-order valence-corrected chi connectivity index (χ3v) is 0.862. The summed E-state index contributed by atoms with van der Waals surface area (Å²) in [7, 11) is 0. The Hall–Kier alpha value is 2.84. The molecule has 0 aromatic rings. The predicted molar refractivity (Wildman–Crippen MR) is 21.5 cm³/mol. The second-order valence-electron chi connectivity index (χ2n) is 1.80. The van der Waals surface area contributed by atoms with Gasteiger partial charge in [0.25, 0.3) is 0 Å². The van der Waals surface area contributed by atoms with Crippen molar-refractivity contribution in [1.82, 2.24) is 0 Å². The van der Waals surface area contributed by atoms with Gasteiger partial charge in [-0.1, -0.05) is 0 Å². The van der Waals surface area contributed by atoms with Gasteiger partial charge in [-0.3, -0.25) is 0 Å². The average Bonchev–Trinajstić information content (AvgIpc) is 1.87. The molecule has 0 aliphatic rings. The van der Waals surface area contributed by atoms with E-state index in [0.29, 0.717) is 0 Å². The number of hydrogen-bond donors (Lipinski definition) is 1. The quantitative estimate of drug-likeness (QED) is 0.444. The van der Waals surface area contributed by atoms with Gasteiger partial charge in [0.1, 0.15) is 0 Å². The minimum Gasteiger partial charge on any atom is -0.853 e. The smallest absolute Gasteiger partial charge is 0.853 e. The first-order chi connectivity index (χ1) is 3.68. The molecule has 0 saturated carbocycles. The van der Waals surface area contributed by atoms with E-state index >= 15 is 0 Å². The van der Waals surface area contributed by atoms with Crippen molar-refractivity contribution in [3.63, 3.8) is 0 Å². The molecule has 11 heavy (non-hydrogen) atoms. The van der Waals surface area contributed by atoms with Gasteiger partial charge >= 0.3 is 88.7 Å². The summed E-state index contributed by atoms with van der Waals surface area (Å²) in [6.07, 6.45) is 0. The Kier molecular flexibility index (Phi) is 27.5. The van der Waals surface area contributed by atoms with Crippen molar-refractivity contribution in [2.45, 2.75) is 5.54 Å². The molecule has 7 heteroatoms. The van der Waals surface area contributed by atoms with E-state index in [1.807, 2.05) is 0 Å². The van der Waals surface area contributed by atoms with Crippen molar-refractivity contribution in [2.24, 2.45) is 5.73 Å². The van der Waals surface area contributed by atoms with E-state index in [0.717, 1.165) is 0 Å². The Balaban J connectivity index is -0.0000000817. The van der Waals surface area contributed by atoms with Crippen LogP contribution in [0.25, 0.3) is 0 Å². The summed E-state index contributed by atoms with van der Waals surface area (Å²) in [5.41, 5.74) is 3.42. The van der Waals surface area contributed by atoms with Crippen LogP contribution < -0.4 is 110 Å². The molecule has 0 spiro atoms. The van der Waals surface area contributed by atoms with Crippen LogP contribution in [-0.4, -0.2) is 25.4 Å². The van der Waals surface area contributed by atoms with Gasteiger partial charge in [0.15, 0.2) is 0 Å². The molecule has 0 rings (SSSR count). The third kappa shape index (κ3) is 10.8. The van der Waals surface area contributed by atoms with Gasteiger partial charge in [-0.25, -0.2) is 0 Å². The summed E-state index contributed by atoms with van der Waals surface area (Å²) in [4.78, 5) is 0. The van der Waals surface area contributed by atoms with Crippen LogP contribution in [0, 0.1) is 0 Å². The molecule has 0 fully saturated rings. The standard InChI is InChI=1S/C4H8NO3.3Na/c5-4(1-6,2-7)3-8;;;/h1-3,5H2;;;/q-3;3*+1. The zero-order chi connectivity index (χ0) is 6.62. The van der Waals surface area contributed by atoms with Crippen molar-refractivity contribution in [3.05, 3.63) is 0 Å². The van der Waals surface area contributed by atoms with Crippen LogP contribution in [-0.2, 0) is 0 Å². The van der Waals surface area contributed by atoms with Crippen molar-refractivity contribution in [2.75, 3.05) is 19.8 Å². The van der Waals surface area contributed by atoms with Gasteiger partial charge < -0.3 is 21.1 Å². The van der Waals surface area contributed by atoms with Gasteiger partial charge in [0.05, 0.1) is 0 Å². The molecule has 0 aromatic heterocycles. The molecular formula is C4H8NNa3O3. The molecule has 0 heterocycles. The Bertz CT molecular complexity index is 63.3. The summed E-state index contributed by atoms with van der Waals surface area (Å²) >= 11 is 0. The molecule has 2 N–H and O–H groups in total. The molecule has 0 bridgehead atoms. The topological polar surface area (TPSA) is 95.2 Å². The van der Waals surface area contributed by atoms with Gasteiger partial charge in [-0.15, -0.1) is 19.8 Å². The van der Waals surface area contributed by atoms with Gasteiger partial charge in [-0.05, 0) is 5.54 Å². The Labute approximate surface area is 133 Å². The van der Waals surface area contributed by atoms with E-state index in [1.54, 1.807) is 0 Å². The normalized spacial score (nSPS) is 8.73. The van der Waals surface area contributed by atoms with Gasteiger partial charge in [-0.2, -0.15) is 0 Å². The first-order valence-electron chi connectivity index (χ1n) is 2.22. The van der Waals surface area contributed by atoms with Crippen LogP contribution in [0.5, 0.6) is 0 Å². The largest absolute Gasteiger partial charge is 1.00 e. The summed E-state index contributed by atoms with van der Waals surface area (Å²) < 4.78 is 0. The van der Waals surface area contributed by atoms with Crippen molar-refractivity contribution >= 4 is 0 Å². The minimum atomic E-state index is -1.54. The second-order valence-corrected chi connectivity index (χ2v) is 1.80. The van der Waals surface area contributed by atoms with Crippen LogP contribution in [0.15, 0.2) is 0 Å². The van der Waals surface area contributed by atoms with Gasteiger partial charge in [0, 0.05) is 0 Å². The fraction of sp³-hybridized carbons (Fsp3) is 1.00. The SMILES string of the molecule is NC(C[O-])(C[O-])C[O-].[Na+].[Na+].[Na+]. The number of nitrogens with two attached hydrogens (primary N) is 1. The van der Waals surface area contributed by atoms with E-state index in [1.165, 1.54) is 0 Å². The third-order valence-electron chi connectivity index (χ3n) is 0.862. The first-order valence-corrected chi connectivity index (χ1v) is 2.22. The maximum atomic E-state index is 9.89. The predicted octanol–water partition coefficient (Wildman–Crippen LogP) is -13.2. The van der Waals surface area contributed by atoms with E-state index in [-0.39, 0.29) is 88.7 Å². The summed E-state index contributed by atoms with van der Waals surface area (Å²) in [5, 5.41) is 29.7. The van der Waals surface area contributed by atoms with Gasteiger partial charge in [0.2, 0.25) is 0 Å². The fourth-order valence-corrected chi connectivity index (χ4v) is 0.125. The molecule has 0 unspecified atom stereocenters. The van der Waals surface area contributed by atoms with Crippen LogP contribution in [0.4, 0.5) is 0 Å². The van der Waals surface area contributed by atoms with E-state index in [2.05, 4.69) is 0 Å². The van der Waals surface area contributed by atoms with E-state index in [4.69, 9.17) is 5.73 Å². The zero-order valence-corrected chi connectivity index (χ0v) is 13.4. The Morgan fingerprint density at radius 2 is 1.00 bits per heavy atom. The maximum Gasteiger partial charge on any atom is 1.00 e. The molecule has 0 radical (unpaired) electrons. The maximum absolute atomic E-state index is 9.89. The van der Waals surface area contributed by atoms with Crippen molar-refractivity contribution in [3.8, 4) is 0 Å². The fourth-order valence-electron chi connectivity index (χ4n) is 0.125. The van der Waals surface area contributed by atoms with Crippen molar-refractivity contribution < 1.29 is 104 Å². The first kappa shape index (κ1) is 23.6. The van der Waals surface area contributed by atoms with Crippen LogP contribution >= 0.6 is 0 Å². The van der Waals surface area contributed by atoms with Crippen LogP contribution in [0.1, 0.15) is 0 Å². The molecule has 50 valence electrons. The average molecular weight is 187 g/mol. The molecule has 0 aliphatic carbocycles. The minimum absolute atomic E-state index is 0. The van der Waals surface area contributed by atoms with E-state index in [9.17, 15) is 15.3 Å². The monoisotopic (exact) mass is 187 g/mol. The van der Waals surface area contributed by atoms with Crippen molar-refractivity contribution in [1.29, 1.82) is 0 Å². The summed E-state index contributed by atoms with van der Waals surface area (Å²) in [6.45, 7) is -2.33. The summed E-state index contributed by atoms with van der Waals surface area (Å²) in [6, 6.07) is 0. The molecular weight excluding hydrogens is 179 g/mol.